The second-order valence-electron chi connectivity index (χ2n) is 6.80. The van der Waals surface area contributed by atoms with Crippen LogP contribution in [0.2, 0.25) is 0 Å². The van der Waals surface area contributed by atoms with Crippen molar-refractivity contribution < 1.29 is 9.84 Å². The number of pyridine rings is 1. The second kappa shape index (κ2) is 9.54. The van der Waals surface area contributed by atoms with Gasteiger partial charge in [0.25, 0.3) is 5.56 Å². The van der Waals surface area contributed by atoms with E-state index in [2.05, 4.69) is 10.3 Å². The maximum absolute atomic E-state index is 12.6. The van der Waals surface area contributed by atoms with Crippen LogP contribution < -0.4 is 15.6 Å². The molecule has 0 fully saturated rings. The summed E-state index contributed by atoms with van der Waals surface area (Å²) in [5.74, 6) is 0.719. The molecule has 0 bridgehead atoms. The molecule has 0 aliphatic rings. The van der Waals surface area contributed by atoms with Crippen LogP contribution in [0.1, 0.15) is 24.1 Å². The monoisotopic (exact) mass is 411 g/mol. The molecule has 0 radical (unpaired) electrons. The van der Waals surface area contributed by atoms with E-state index in [0.29, 0.717) is 17.2 Å². The van der Waals surface area contributed by atoms with Crippen LogP contribution in [-0.4, -0.2) is 40.4 Å². The van der Waals surface area contributed by atoms with Crippen molar-refractivity contribution in [3.05, 3.63) is 76.1 Å². The van der Waals surface area contributed by atoms with Gasteiger partial charge < -0.3 is 25.0 Å². The number of hydrogen-bond donors (Lipinski definition) is 3. The molecule has 2 aromatic carbocycles. The molecule has 0 aliphatic carbocycles. The van der Waals surface area contributed by atoms with E-state index < -0.39 is 0 Å². The van der Waals surface area contributed by atoms with E-state index in [0.717, 1.165) is 22.2 Å². The van der Waals surface area contributed by atoms with Crippen molar-refractivity contribution in [3.8, 4) is 5.75 Å². The third-order valence-electron chi connectivity index (χ3n) is 4.79. The number of hydrogen-bond acceptors (Lipinski definition) is 4. The molecule has 1 atom stereocenters. The molecule has 6 nitrogen and oxygen atoms in total. The van der Waals surface area contributed by atoms with Gasteiger partial charge in [-0.05, 0) is 49.0 Å². The summed E-state index contributed by atoms with van der Waals surface area (Å²) in [6.45, 7) is 2.56. The van der Waals surface area contributed by atoms with Crippen molar-refractivity contribution in [2.45, 2.75) is 19.5 Å². The number of ether oxygens (including phenoxy) is 1. The molecule has 0 saturated carbocycles. The quantitative estimate of drug-likeness (QED) is 0.519. The normalized spacial score (nSPS) is 11.8. The van der Waals surface area contributed by atoms with E-state index in [4.69, 9.17) is 17.0 Å². The fraction of sp³-hybridized carbons (Fsp3) is 0.273. The molecule has 0 saturated heterocycles. The lowest BCUT2D eigenvalue weighted by atomic mass is 10.1. The lowest BCUT2D eigenvalue weighted by molar-refractivity contribution is 0.244. The Morgan fingerprint density at radius 3 is 2.69 bits per heavy atom. The van der Waals surface area contributed by atoms with Crippen molar-refractivity contribution in [2.75, 3.05) is 20.3 Å². The van der Waals surface area contributed by atoms with E-state index in [1.165, 1.54) is 0 Å². The van der Waals surface area contributed by atoms with Crippen molar-refractivity contribution in [1.29, 1.82) is 0 Å². The van der Waals surface area contributed by atoms with Crippen molar-refractivity contribution in [3.63, 3.8) is 0 Å². The number of aromatic amines is 1. The Morgan fingerprint density at radius 1 is 1.24 bits per heavy atom. The van der Waals surface area contributed by atoms with E-state index in [1.807, 2.05) is 55.5 Å². The summed E-state index contributed by atoms with van der Waals surface area (Å²) < 4.78 is 5.27. The number of H-pyrrole nitrogens is 1. The van der Waals surface area contributed by atoms with Gasteiger partial charge in [-0.3, -0.25) is 4.79 Å². The molecule has 7 heteroatoms. The number of nitrogens with one attached hydrogen (secondary N) is 2. The van der Waals surface area contributed by atoms with Gasteiger partial charge in [-0.25, -0.2) is 0 Å². The Bertz CT molecular complexity index is 1040. The summed E-state index contributed by atoms with van der Waals surface area (Å²) in [6.07, 6.45) is 0. The largest absolute Gasteiger partial charge is 0.497 e. The van der Waals surface area contributed by atoms with Crippen LogP contribution in [0.5, 0.6) is 5.75 Å². The minimum absolute atomic E-state index is 0.00374. The zero-order valence-corrected chi connectivity index (χ0v) is 17.3. The summed E-state index contributed by atoms with van der Waals surface area (Å²) in [5.41, 5.74) is 2.24. The molecule has 0 aliphatic heterocycles. The Hall–Kier alpha value is -2.90. The number of thiocarbonyl (C=S) groups is 1. The average molecular weight is 412 g/mol. The van der Waals surface area contributed by atoms with Gasteiger partial charge >= 0.3 is 0 Å². The van der Waals surface area contributed by atoms with Gasteiger partial charge in [0.05, 0.1) is 26.3 Å². The second-order valence-corrected chi connectivity index (χ2v) is 7.19. The van der Waals surface area contributed by atoms with E-state index in [9.17, 15) is 9.90 Å². The predicted molar refractivity (Wildman–Crippen MR) is 119 cm³/mol. The Kier molecular flexibility index (Phi) is 6.85. The fourth-order valence-corrected chi connectivity index (χ4v) is 3.49. The number of nitrogens with zero attached hydrogens (tertiary/aromatic N) is 1. The first-order valence-electron chi connectivity index (χ1n) is 9.43. The molecule has 3 aromatic rings. The van der Waals surface area contributed by atoms with Crippen LogP contribution in [-0.2, 0) is 6.54 Å². The highest BCUT2D eigenvalue weighted by Gasteiger charge is 2.15. The minimum atomic E-state index is -0.176. The fourth-order valence-electron chi connectivity index (χ4n) is 3.15. The molecule has 1 aromatic heterocycles. The van der Waals surface area contributed by atoms with Crippen molar-refractivity contribution in [1.82, 2.24) is 15.2 Å². The third-order valence-corrected chi connectivity index (χ3v) is 5.16. The Balaban J connectivity index is 1.81. The SMILES string of the molecule is COc1ccc2[nH]c(=O)c(CN(CCO)C(=S)N[C@H](C)c3ccccc3)cc2c1. The average Bonchev–Trinajstić information content (AvgIpc) is 2.74. The number of fused-ring (bicyclic) bond motifs is 1. The van der Waals surface area contributed by atoms with Gasteiger partial charge in [-0.15, -0.1) is 0 Å². The lowest BCUT2D eigenvalue weighted by Crippen LogP contribution is -2.42. The molecular formula is C22H25N3O3S. The number of benzene rings is 2. The number of aliphatic hydroxyl groups is 1. The summed E-state index contributed by atoms with van der Waals surface area (Å²) in [4.78, 5) is 17.2. The summed E-state index contributed by atoms with van der Waals surface area (Å²) in [5, 5.41) is 14.1. The van der Waals surface area contributed by atoms with Crippen molar-refractivity contribution >= 4 is 28.2 Å². The highest BCUT2D eigenvalue weighted by atomic mass is 32.1. The van der Waals surface area contributed by atoms with E-state index in [1.54, 1.807) is 18.1 Å². The van der Waals surface area contributed by atoms with Crippen LogP contribution in [0.3, 0.4) is 0 Å². The zero-order valence-electron chi connectivity index (χ0n) is 16.5. The first kappa shape index (κ1) is 20.8. The first-order chi connectivity index (χ1) is 14.0. The number of aromatic nitrogens is 1. The number of aliphatic hydroxyl groups excluding tert-OH is 1. The topological polar surface area (TPSA) is 77.6 Å². The molecule has 3 N–H and O–H groups in total. The molecule has 1 heterocycles. The molecular weight excluding hydrogens is 386 g/mol. The van der Waals surface area contributed by atoms with Gasteiger partial charge in [0.15, 0.2) is 5.11 Å². The van der Waals surface area contributed by atoms with E-state index >= 15 is 0 Å². The highest BCUT2D eigenvalue weighted by molar-refractivity contribution is 7.80. The predicted octanol–water partition coefficient (Wildman–Crippen LogP) is 2.97. The summed E-state index contributed by atoms with van der Waals surface area (Å²) in [6, 6.07) is 17.3. The molecule has 0 unspecified atom stereocenters. The maximum Gasteiger partial charge on any atom is 0.253 e. The van der Waals surface area contributed by atoms with Crippen molar-refractivity contribution in [2.24, 2.45) is 0 Å². The number of rotatable bonds is 7. The summed E-state index contributed by atoms with van der Waals surface area (Å²) >= 11 is 5.57. The molecule has 152 valence electrons. The highest BCUT2D eigenvalue weighted by Crippen LogP contribution is 2.19. The molecule has 0 spiro atoms. The van der Waals surface area contributed by atoms with Gasteiger partial charge in [0.2, 0.25) is 0 Å². The first-order valence-corrected chi connectivity index (χ1v) is 9.84. The van der Waals surface area contributed by atoms with Crippen LogP contribution >= 0.6 is 12.2 Å². The minimum Gasteiger partial charge on any atom is -0.497 e. The molecule has 3 rings (SSSR count). The Labute approximate surface area is 175 Å². The standard InChI is InChI=1S/C22H25N3O3S/c1-15(16-6-4-3-5-7-16)23-22(29)25(10-11-26)14-18-12-17-13-19(28-2)8-9-20(17)24-21(18)27/h3-9,12-13,15,26H,10-11,14H2,1-2H3,(H,23,29)(H,24,27)/t15-/m1/s1. The van der Waals surface area contributed by atoms with Crippen LogP contribution in [0.4, 0.5) is 0 Å². The smallest absolute Gasteiger partial charge is 0.253 e. The van der Waals surface area contributed by atoms with Gasteiger partial charge in [-0.2, -0.15) is 0 Å². The third kappa shape index (κ3) is 5.13. The van der Waals surface area contributed by atoms with Gasteiger partial charge in [0, 0.05) is 23.0 Å². The molecule has 29 heavy (non-hydrogen) atoms. The van der Waals surface area contributed by atoms with Gasteiger partial charge in [-0.1, -0.05) is 30.3 Å². The lowest BCUT2D eigenvalue weighted by Gasteiger charge is -2.27. The zero-order chi connectivity index (χ0) is 20.8. The Morgan fingerprint density at radius 2 is 2.00 bits per heavy atom. The number of methoxy groups -OCH3 is 1. The van der Waals surface area contributed by atoms with Crippen LogP contribution in [0.15, 0.2) is 59.4 Å². The maximum atomic E-state index is 12.6. The molecule has 0 amide bonds. The van der Waals surface area contributed by atoms with Gasteiger partial charge in [0.1, 0.15) is 5.75 Å². The van der Waals surface area contributed by atoms with Crippen LogP contribution in [0.25, 0.3) is 10.9 Å². The summed E-state index contributed by atoms with van der Waals surface area (Å²) in [7, 11) is 1.61. The van der Waals surface area contributed by atoms with E-state index in [-0.39, 0.29) is 24.8 Å². The van der Waals surface area contributed by atoms with Crippen LogP contribution in [0, 0.1) is 0 Å².